The summed E-state index contributed by atoms with van der Waals surface area (Å²) >= 11 is 0. The van der Waals surface area contributed by atoms with E-state index in [1.54, 1.807) is 48.5 Å². The van der Waals surface area contributed by atoms with Crippen LogP contribution in [0.25, 0.3) is 5.69 Å². The summed E-state index contributed by atoms with van der Waals surface area (Å²) in [5, 5.41) is 0. The normalized spacial score (nSPS) is 14.6. The summed E-state index contributed by atoms with van der Waals surface area (Å²) < 4.78 is 32.9. The maximum Gasteiger partial charge on any atom is 0.332 e. The van der Waals surface area contributed by atoms with E-state index >= 15 is 0 Å². The molecule has 1 N–H and O–H groups in total. The van der Waals surface area contributed by atoms with E-state index in [9.17, 15) is 18.0 Å². The molecule has 4 rings (SSSR count). The Hall–Kier alpha value is -3.13. The number of H-pyrrole nitrogens is 1. The Morgan fingerprint density at radius 1 is 1.00 bits per heavy atom. The summed E-state index contributed by atoms with van der Waals surface area (Å²) in [4.78, 5) is 25.6. The second-order valence-corrected chi connectivity index (χ2v) is 9.82. The fraction of sp³-hybridized carbons (Fsp3) is 0.304. The van der Waals surface area contributed by atoms with Crippen LogP contribution in [-0.4, -0.2) is 29.8 Å². The van der Waals surface area contributed by atoms with Crippen molar-refractivity contribution >= 4 is 9.84 Å². The molecule has 31 heavy (non-hydrogen) atoms. The molecule has 0 radical (unpaired) electrons. The van der Waals surface area contributed by atoms with Crippen LogP contribution in [0.5, 0.6) is 5.75 Å². The molecule has 8 heteroatoms. The number of benzene rings is 2. The van der Waals surface area contributed by atoms with Gasteiger partial charge < -0.3 is 4.74 Å². The molecule has 0 spiro atoms. The van der Waals surface area contributed by atoms with Gasteiger partial charge in [0.15, 0.2) is 9.84 Å². The first kappa shape index (κ1) is 21.1. The van der Waals surface area contributed by atoms with E-state index in [1.165, 1.54) is 16.8 Å². The SMILES string of the molecule is O=c1ccn(-c2ccc(CCS(=O)(=O)c3cccc(OC4CCCC4)c3)cc2)c(=O)[nH]1. The van der Waals surface area contributed by atoms with Gasteiger partial charge in [0, 0.05) is 12.3 Å². The first-order valence-corrected chi connectivity index (χ1v) is 12.0. The van der Waals surface area contributed by atoms with Crippen LogP contribution in [0.4, 0.5) is 0 Å². The highest BCUT2D eigenvalue weighted by molar-refractivity contribution is 7.91. The third kappa shape index (κ3) is 5.14. The van der Waals surface area contributed by atoms with Crippen molar-refractivity contribution in [3.05, 3.63) is 87.2 Å². The van der Waals surface area contributed by atoms with Crippen LogP contribution >= 0.6 is 0 Å². The van der Waals surface area contributed by atoms with E-state index in [2.05, 4.69) is 4.98 Å². The van der Waals surface area contributed by atoms with Gasteiger partial charge in [-0.1, -0.05) is 18.2 Å². The minimum absolute atomic E-state index is 0.0299. The van der Waals surface area contributed by atoms with Gasteiger partial charge >= 0.3 is 5.69 Å². The molecule has 0 atom stereocenters. The quantitative estimate of drug-likeness (QED) is 0.609. The molecule has 0 amide bonds. The van der Waals surface area contributed by atoms with E-state index < -0.39 is 21.1 Å². The van der Waals surface area contributed by atoms with E-state index in [-0.39, 0.29) is 16.8 Å². The standard InChI is InChI=1S/C23H24N2O5S/c26-22-12-14-25(23(27)24-22)18-10-8-17(9-11-18)13-15-31(28,29)21-7-3-6-20(16-21)30-19-4-1-2-5-19/h3,6-12,14,16,19H,1-2,4-5,13,15H2,(H,24,26,27). The van der Waals surface area contributed by atoms with Crippen molar-refractivity contribution in [1.82, 2.24) is 9.55 Å². The fourth-order valence-corrected chi connectivity index (χ4v) is 5.08. The van der Waals surface area contributed by atoms with Gasteiger partial charge in [-0.2, -0.15) is 0 Å². The van der Waals surface area contributed by atoms with Crippen LogP contribution in [0.2, 0.25) is 0 Å². The zero-order valence-corrected chi connectivity index (χ0v) is 17.8. The smallest absolute Gasteiger partial charge is 0.332 e. The summed E-state index contributed by atoms with van der Waals surface area (Å²) in [5.74, 6) is 0.571. The average Bonchev–Trinajstić information content (AvgIpc) is 3.26. The summed E-state index contributed by atoms with van der Waals surface area (Å²) in [7, 11) is -3.46. The molecule has 1 heterocycles. The molecule has 1 saturated carbocycles. The van der Waals surface area contributed by atoms with E-state index in [0.29, 0.717) is 17.9 Å². The van der Waals surface area contributed by atoms with Gasteiger partial charge in [0.1, 0.15) is 5.75 Å². The predicted molar refractivity (Wildman–Crippen MR) is 118 cm³/mol. The van der Waals surface area contributed by atoms with Crippen molar-refractivity contribution in [2.45, 2.75) is 43.1 Å². The number of nitrogens with one attached hydrogen (secondary N) is 1. The van der Waals surface area contributed by atoms with E-state index in [0.717, 1.165) is 31.2 Å². The maximum absolute atomic E-state index is 12.8. The van der Waals surface area contributed by atoms with Crippen molar-refractivity contribution in [3.8, 4) is 11.4 Å². The molecular weight excluding hydrogens is 416 g/mol. The first-order valence-electron chi connectivity index (χ1n) is 10.3. The molecule has 0 unspecified atom stereocenters. The number of aromatic nitrogens is 2. The van der Waals surface area contributed by atoms with Crippen LogP contribution in [0.1, 0.15) is 31.2 Å². The van der Waals surface area contributed by atoms with Crippen molar-refractivity contribution in [3.63, 3.8) is 0 Å². The van der Waals surface area contributed by atoms with Crippen LogP contribution in [-0.2, 0) is 16.3 Å². The molecule has 1 aliphatic carbocycles. The Kier molecular flexibility index (Phi) is 6.08. The van der Waals surface area contributed by atoms with Crippen LogP contribution < -0.4 is 16.0 Å². The van der Waals surface area contributed by atoms with Crippen molar-refractivity contribution < 1.29 is 13.2 Å². The molecule has 162 valence electrons. The summed E-state index contributed by atoms with van der Waals surface area (Å²) in [6.45, 7) is 0. The number of hydrogen-bond acceptors (Lipinski definition) is 5. The summed E-state index contributed by atoms with van der Waals surface area (Å²) in [6, 6.07) is 15.0. The highest BCUT2D eigenvalue weighted by Gasteiger charge is 2.19. The topological polar surface area (TPSA) is 98.2 Å². The zero-order valence-electron chi connectivity index (χ0n) is 17.0. The lowest BCUT2D eigenvalue weighted by Gasteiger charge is -2.14. The molecule has 3 aromatic rings. The van der Waals surface area contributed by atoms with Crippen molar-refractivity contribution in [2.24, 2.45) is 0 Å². The summed E-state index contributed by atoms with van der Waals surface area (Å²) in [5.41, 5.74) is 0.441. The molecule has 2 aromatic carbocycles. The number of ether oxygens (including phenoxy) is 1. The Balaban J connectivity index is 1.43. The van der Waals surface area contributed by atoms with E-state index in [1.807, 2.05) is 0 Å². The van der Waals surface area contributed by atoms with Crippen molar-refractivity contribution in [1.29, 1.82) is 0 Å². The number of hydrogen-bond donors (Lipinski definition) is 1. The third-order valence-corrected chi connectivity index (χ3v) is 7.18. The molecular formula is C23H24N2O5S. The Morgan fingerprint density at radius 3 is 2.45 bits per heavy atom. The highest BCUT2D eigenvalue weighted by atomic mass is 32.2. The molecule has 1 aromatic heterocycles. The fourth-order valence-electron chi connectivity index (χ4n) is 3.75. The third-order valence-electron chi connectivity index (χ3n) is 5.47. The largest absolute Gasteiger partial charge is 0.490 e. The number of aromatic amines is 1. The van der Waals surface area contributed by atoms with E-state index in [4.69, 9.17) is 4.74 Å². The predicted octanol–water partition coefficient (Wildman–Crippen LogP) is 2.86. The Labute approximate surface area is 180 Å². The highest BCUT2D eigenvalue weighted by Crippen LogP contribution is 2.26. The molecule has 1 fully saturated rings. The lowest BCUT2D eigenvalue weighted by Crippen LogP contribution is -2.27. The van der Waals surface area contributed by atoms with Crippen LogP contribution in [0, 0.1) is 0 Å². The van der Waals surface area contributed by atoms with Gasteiger partial charge in [-0.3, -0.25) is 14.3 Å². The van der Waals surface area contributed by atoms with Crippen LogP contribution in [0.3, 0.4) is 0 Å². The molecule has 0 bridgehead atoms. The Morgan fingerprint density at radius 2 is 1.74 bits per heavy atom. The molecule has 1 aliphatic rings. The summed E-state index contributed by atoms with van der Waals surface area (Å²) in [6.07, 6.45) is 6.25. The maximum atomic E-state index is 12.8. The van der Waals surface area contributed by atoms with Gasteiger partial charge in [0.05, 0.1) is 22.4 Å². The second kappa shape index (κ2) is 8.93. The lowest BCUT2D eigenvalue weighted by molar-refractivity contribution is 0.209. The second-order valence-electron chi connectivity index (χ2n) is 7.71. The molecule has 0 aliphatic heterocycles. The minimum atomic E-state index is -3.46. The number of sulfone groups is 1. The molecule has 0 saturated heterocycles. The first-order chi connectivity index (χ1) is 14.9. The number of aryl methyl sites for hydroxylation is 1. The minimum Gasteiger partial charge on any atom is -0.490 e. The van der Waals surface area contributed by atoms with Gasteiger partial charge in [0.25, 0.3) is 5.56 Å². The average molecular weight is 441 g/mol. The van der Waals surface area contributed by atoms with Crippen molar-refractivity contribution in [2.75, 3.05) is 5.75 Å². The van der Waals surface area contributed by atoms with Gasteiger partial charge in [-0.25, -0.2) is 13.2 Å². The monoisotopic (exact) mass is 440 g/mol. The lowest BCUT2D eigenvalue weighted by atomic mass is 10.1. The Bertz CT molecular complexity index is 1270. The zero-order chi connectivity index (χ0) is 21.8. The van der Waals surface area contributed by atoms with Gasteiger partial charge in [-0.05, 0) is 68.0 Å². The molecule has 7 nitrogen and oxygen atoms in total. The van der Waals surface area contributed by atoms with Crippen LogP contribution in [0.15, 0.2) is 75.3 Å². The number of rotatable bonds is 7. The van der Waals surface area contributed by atoms with Gasteiger partial charge in [0.2, 0.25) is 0 Å². The van der Waals surface area contributed by atoms with Gasteiger partial charge in [-0.15, -0.1) is 0 Å². The number of nitrogens with zero attached hydrogens (tertiary/aromatic N) is 1.